The fraction of sp³-hybridized carbons (Fsp3) is 0.500. The van der Waals surface area contributed by atoms with Crippen LogP contribution >= 0.6 is 11.3 Å². The number of amides is 1. The molecule has 1 aromatic carbocycles. The molecular formula is C16H19N3OS. The molecule has 0 saturated carbocycles. The molecule has 2 aliphatic rings. The van der Waals surface area contributed by atoms with E-state index in [1.54, 1.807) is 11.3 Å². The number of hydrogen-bond donors (Lipinski definition) is 1. The molecule has 3 heterocycles. The van der Waals surface area contributed by atoms with Crippen LogP contribution in [0.3, 0.4) is 0 Å². The summed E-state index contributed by atoms with van der Waals surface area (Å²) in [7, 11) is 0. The van der Waals surface area contributed by atoms with Gasteiger partial charge in [-0.25, -0.2) is 4.98 Å². The lowest BCUT2D eigenvalue weighted by molar-refractivity contribution is 0.0909. The summed E-state index contributed by atoms with van der Waals surface area (Å²) < 4.78 is 1.14. The smallest absolute Gasteiger partial charge is 0.251 e. The van der Waals surface area contributed by atoms with Gasteiger partial charge in [0.25, 0.3) is 5.91 Å². The van der Waals surface area contributed by atoms with Crippen LogP contribution in [0.4, 0.5) is 0 Å². The molecule has 1 aromatic heterocycles. The van der Waals surface area contributed by atoms with E-state index in [0.717, 1.165) is 39.7 Å². The molecule has 0 spiro atoms. The fourth-order valence-corrected chi connectivity index (χ4v) is 4.42. The van der Waals surface area contributed by atoms with Crippen molar-refractivity contribution < 1.29 is 4.79 Å². The highest BCUT2D eigenvalue weighted by Crippen LogP contribution is 2.27. The summed E-state index contributed by atoms with van der Waals surface area (Å²) in [4.78, 5) is 19.4. The van der Waals surface area contributed by atoms with Crippen molar-refractivity contribution in [2.24, 2.45) is 5.92 Å². The van der Waals surface area contributed by atoms with E-state index in [9.17, 15) is 4.79 Å². The van der Waals surface area contributed by atoms with E-state index >= 15 is 0 Å². The van der Waals surface area contributed by atoms with Crippen molar-refractivity contribution in [3.63, 3.8) is 0 Å². The molecular weight excluding hydrogens is 282 g/mol. The van der Waals surface area contributed by atoms with E-state index in [0.29, 0.717) is 6.04 Å². The second-order valence-corrected chi connectivity index (χ2v) is 7.47. The minimum Gasteiger partial charge on any atom is -0.348 e. The number of carbonyl (C=O) groups is 1. The molecule has 5 heteroatoms. The van der Waals surface area contributed by atoms with Crippen molar-refractivity contribution in [1.29, 1.82) is 0 Å². The summed E-state index contributed by atoms with van der Waals surface area (Å²) in [5.74, 6) is 0.808. The van der Waals surface area contributed by atoms with Gasteiger partial charge in [-0.1, -0.05) is 0 Å². The lowest BCUT2D eigenvalue weighted by Gasteiger charge is -2.30. The highest BCUT2D eigenvalue weighted by molar-refractivity contribution is 7.18. The van der Waals surface area contributed by atoms with Crippen LogP contribution in [0.15, 0.2) is 18.2 Å². The van der Waals surface area contributed by atoms with Crippen molar-refractivity contribution >= 4 is 27.5 Å². The Kier molecular flexibility index (Phi) is 3.19. The zero-order chi connectivity index (χ0) is 14.4. The normalized spacial score (nSPS) is 28.0. The highest BCUT2D eigenvalue weighted by atomic mass is 32.1. The average Bonchev–Trinajstić information content (AvgIpc) is 2.99. The summed E-state index contributed by atoms with van der Waals surface area (Å²) in [6, 6.07) is 6.12. The van der Waals surface area contributed by atoms with Gasteiger partial charge in [-0.3, -0.25) is 4.79 Å². The number of rotatable bonds is 2. The molecule has 2 aromatic rings. The molecule has 2 fully saturated rings. The van der Waals surface area contributed by atoms with Crippen molar-refractivity contribution in [3.05, 3.63) is 28.8 Å². The Morgan fingerprint density at radius 1 is 1.43 bits per heavy atom. The number of thiazole rings is 1. The summed E-state index contributed by atoms with van der Waals surface area (Å²) in [6.45, 7) is 5.41. The van der Waals surface area contributed by atoms with Crippen molar-refractivity contribution in [1.82, 2.24) is 15.2 Å². The molecule has 1 N–H and O–H groups in total. The summed E-state index contributed by atoms with van der Waals surface area (Å²) in [5, 5.41) is 4.24. The van der Waals surface area contributed by atoms with E-state index in [2.05, 4.69) is 15.2 Å². The van der Waals surface area contributed by atoms with Crippen LogP contribution in [0, 0.1) is 12.8 Å². The number of nitrogens with zero attached hydrogens (tertiary/aromatic N) is 2. The number of piperidine rings is 1. The van der Waals surface area contributed by atoms with Gasteiger partial charge in [0.2, 0.25) is 0 Å². The number of nitrogens with one attached hydrogen (secondary N) is 1. The number of benzene rings is 1. The number of fused-ring (bicyclic) bond motifs is 3. The molecule has 3 unspecified atom stereocenters. The van der Waals surface area contributed by atoms with Crippen LogP contribution in [0.25, 0.3) is 10.2 Å². The van der Waals surface area contributed by atoms with Crippen LogP contribution in [0.2, 0.25) is 0 Å². The maximum absolute atomic E-state index is 12.4. The topological polar surface area (TPSA) is 45.2 Å². The first-order valence-electron chi connectivity index (χ1n) is 7.58. The van der Waals surface area contributed by atoms with Crippen LogP contribution in [0.1, 0.15) is 28.2 Å². The molecule has 3 atom stereocenters. The first-order chi connectivity index (χ1) is 10.2. The number of carbonyl (C=O) groups excluding carboxylic acids is 1. The number of aromatic nitrogens is 1. The SMILES string of the molecule is Cc1nc2cc(C(=O)NC3CC4CCN(C4)C3)ccc2s1. The third kappa shape index (κ3) is 2.56. The van der Waals surface area contributed by atoms with Gasteiger partial charge in [0.15, 0.2) is 0 Å². The molecule has 110 valence electrons. The van der Waals surface area contributed by atoms with Crippen molar-refractivity contribution in [3.8, 4) is 0 Å². The standard InChI is InChI=1S/C16H19N3OS/c1-10-17-14-7-12(2-3-15(14)21-10)16(20)18-13-6-11-4-5-19(8-11)9-13/h2-3,7,11,13H,4-6,8-9H2,1H3,(H,18,20). The van der Waals surface area contributed by atoms with Crippen LogP contribution < -0.4 is 5.32 Å². The van der Waals surface area contributed by atoms with E-state index < -0.39 is 0 Å². The Bertz CT molecular complexity index is 684. The molecule has 4 nitrogen and oxygen atoms in total. The summed E-state index contributed by atoms with van der Waals surface area (Å²) >= 11 is 1.67. The van der Waals surface area contributed by atoms with E-state index in [1.165, 1.54) is 19.5 Å². The molecule has 2 bridgehead atoms. The van der Waals surface area contributed by atoms with Crippen molar-refractivity contribution in [2.45, 2.75) is 25.8 Å². The monoisotopic (exact) mass is 301 g/mol. The van der Waals surface area contributed by atoms with E-state index in [1.807, 2.05) is 25.1 Å². The second kappa shape index (κ2) is 5.07. The van der Waals surface area contributed by atoms with Crippen molar-refractivity contribution in [2.75, 3.05) is 19.6 Å². The van der Waals surface area contributed by atoms with Gasteiger partial charge >= 0.3 is 0 Å². The molecule has 0 aliphatic carbocycles. The number of hydrogen-bond acceptors (Lipinski definition) is 4. The summed E-state index contributed by atoms with van der Waals surface area (Å²) in [6.07, 6.45) is 2.41. The molecule has 1 amide bonds. The lowest BCUT2D eigenvalue weighted by Crippen LogP contribution is -2.47. The Hall–Kier alpha value is -1.46. The maximum Gasteiger partial charge on any atom is 0.251 e. The molecule has 0 radical (unpaired) electrons. The minimum absolute atomic E-state index is 0.0371. The van der Waals surface area contributed by atoms with E-state index in [-0.39, 0.29) is 5.91 Å². The number of aryl methyl sites for hydroxylation is 1. The maximum atomic E-state index is 12.4. The zero-order valence-electron chi connectivity index (χ0n) is 12.1. The lowest BCUT2D eigenvalue weighted by atomic mass is 9.96. The van der Waals surface area contributed by atoms with Gasteiger partial charge < -0.3 is 10.2 Å². The first kappa shape index (κ1) is 13.2. The third-order valence-corrected chi connectivity index (χ3v) is 5.51. The van der Waals surface area contributed by atoms with Gasteiger partial charge in [-0.15, -0.1) is 11.3 Å². The minimum atomic E-state index is 0.0371. The highest BCUT2D eigenvalue weighted by Gasteiger charge is 2.32. The van der Waals surface area contributed by atoms with Gasteiger partial charge in [-0.05, 0) is 50.4 Å². The van der Waals surface area contributed by atoms with Crippen LogP contribution in [-0.4, -0.2) is 41.5 Å². The van der Waals surface area contributed by atoms with Gasteiger partial charge in [0.05, 0.1) is 15.2 Å². The molecule has 21 heavy (non-hydrogen) atoms. The quantitative estimate of drug-likeness (QED) is 0.926. The molecule has 2 aliphatic heterocycles. The Labute approximate surface area is 128 Å². The molecule has 4 rings (SSSR count). The predicted molar refractivity (Wildman–Crippen MR) is 84.8 cm³/mol. The predicted octanol–water partition coefficient (Wildman–Crippen LogP) is 2.43. The second-order valence-electron chi connectivity index (χ2n) is 6.24. The first-order valence-corrected chi connectivity index (χ1v) is 8.39. The van der Waals surface area contributed by atoms with E-state index in [4.69, 9.17) is 0 Å². The fourth-order valence-electron chi connectivity index (χ4n) is 3.62. The average molecular weight is 301 g/mol. The third-order valence-electron chi connectivity index (χ3n) is 4.56. The molecule has 2 saturated heterocycles. The van der Waals surface area contributed by atoms with Crippen LogP contribution in [-0.2, 0) is 0 Å². The largest absolute Gasteiger partial charge is 0.348 e. The van der Waals surface area contributed by atoms with Crippen LogP contribution in [0.5, 0.6) is 0 Å². The van der Waals surface area contributed by atoms with Gasteiger partial charge in [0.1, 0.15) is 0 Å². The zero-order valence-corrected chi connectivity index (χ0v) is 12.9. The Morgan fingerprint density at radius 2 is 2.33 bits per heavy atom. The Morgan fingerprint density at radius 3 is 3.19 bits per heavy atom. The van der Waals surface area contributed by atoms with Gasteiger partial charge in [-0.2, -0.15) is 0 Å². The van der Waals surface area contributed by atoms with Gasteiger partial charge in [0, 0.05) is 24.7 Å². The summed E-state index contributed by atoms with van der Waals surface area (Å²) in [5.41, 5.74) is 1.65. The Balaban J connectivity index is 1.50.